The van der Waals surface area contributed by atoms with Gasteiger partial charge in [-0.15, -0.1) is 0 Å². The number of rotatable bonds is 9. The Hall–Kier alpha value is -0.910. The lowest BCUT2D eigenvalue weighted by Crippen LogP contribution is -2.31. The summed E-state index contributed by atoms with van der Waals surface area (Å²) in [6, 6.07) is 0.466. The first-order chi connectivity index (χ1) is 8.65. The predicted molar refractivity (Wildman–Crippen MR) is 73.7 cm³/mol. The molecule has 0 aliphatic carbocycles. The summed E-state index contributed by atoms with van der Waals surface area (Å²) in [7, 11) is 3.85. The highest BCUT2D eigenvalue weighted by Gasteiger charge is 2.04. The van der Waals surface area contributed by atoms with Gasteiger partial charge in [-0.25, -0.2) is 4.98 Å². The largest absolute Gasteiger partial charge is 0.383 e. The Balaban J connectivity index is 2.19. The van der Waals surface area contributed by atoms with Crippen LogP contribution < -0.4 is 5.32 Å². The van der Waals surface area contributed by atoms with E-state index in [2.05, 4.69) is 40.7 Å². The Morgan fingerprint density at radius 3 is 2.89 bits per heavy atom. The average molecular weight is 254 g/mol. The molecule has 18 heavy (non-hydrogen) atoms. The van der Waals surface area contributed by atoms with E-state index >= 15 is 0 Å². The van der Waals surface area contributed by atoms with E-state index < -0.39 is 0 Å². The lowest BCUT2D eigenvalue weighted by atomic mass is 10.3. The van der Waals surface area contributed by atoms with Crippen molar-refractivity contribution in [2.75, 3.05) is 40.4 Å². The van der Waals surface area contributed by atoms with Crippen LogP contribution in [0.25, 0.3) is 0 Å². The highest BCUT2D eigenvalue weighted by Crippen LogP contribution is 2.07. The summed E-state index contributed by atoms with van der Waals surface area (Å²) in [5.74, 6) is 0. The molecule has 1 aromatic rings. The maximum atomic E-state index is 5.05. The third-order valence-electron chi connectivity index (χ3n) is 2.96. The fraction of sp³-hybridized carbons (Fsp3) is 0.769. The second kappa shape index (κ2) is 8.24. The molecule has 1 rings (SSSR count). The van der Waals surface area contributed by atoms with Crippen LogP contribution in [0.5, 0.6) is 0 Å². The quantitative estimate of drug-likeness (QED) is 0.671. The zero-order valence-electron chi connectivity index (χ0n) is 12.0. The van der Waals surface area contributed by atoms with Crippen molar-refractivity contribution in [1.29, 1.82) is 0 Å². The van der Waals surface area contributed by atoms with E-state index in [9.17, 15) is 0 Å². The summed E-state index contributed by atoms with van der Waals surface area (Å²) in [5, 5.41) is 3.45. The number of ether oxygens (including phenoxy) is 1. The summed E-state index contributed by atoms with van der Waals surface area (Å²) < 4.78 is 7.24. The van der Waals surface area contributed by atoms with Gasteiger partial charge in [0, 0.05) is 45.5 Å². The molecular weight excluding hydrogens is 228 g/mol. The second-order valence-electron chi connectivity index (χ2n) is 4.86. The van der Waals surface area contributed by atoms with E-state index in [1.54, 1.807) is 7.11 Å². The first kappa shape index (κ1) is 15.1. The molecule has 0 saturated heterocycles. The molecule has 0 atom stereocenters. The van der Waals surface area contributed by atoms with E-state index in [1.165, 1.54) is 5.69 Å². The van der Waals surface area contributed by atoms with Gasteiger partial charge in [-0.05, 0) is 20.9 Å². The van der Waals surface area contributed by atoms with E-state index in [-0.39, 0.29) is 0 Å². The second-order valence-corrected chi connectivity index (χ2v) is 4.86. The van der Waals surface area contributed by atoms with E-state index in [1.807, 2.05) is 12.5 Å². The number of methoxy groups -OCH3 is 1. The topological polar surface area (TPSA) is 42.3 Å². The van der Waals surface area contributed by atoms with Crippen LogP contribution >= 0.6 is 0 Å². The highest BCUT2D eigenvalue weighted by molar-refractivity contribution is 4.99. The van der Waals surface area contributed by atoms with Crippen molar-refractivity contribution >= 4 is 0 Å². The van der Waals surface area contributed by atoms with Crippen LogP contribution in [0, 0.1) is 0 Å². The van der Waals surface area contributed by atoms with Crippen molar-refractivity contribution in [2.24, 2.45) is 0 Å². The minimum absolute atomic E-state index is 0.466. The SMILES string of the molecule is COCCN(C)CCNCc1cncn1C(C)C. The minimum Gasteiger partial charge on any atom is -0.383 e. The molecule has 0 aliphatic heterocycles. The summed E-state index contributed by atoms with van der Waals surface area (Å²) >= 11 is 0. The molecule has 1 heterocycles. The van der Waals surface area contributed by atoms with Gasteiger partial charge in [0.2, 0.25) is 0 Å². The Morgan fingerprint density at radius 1 is 1.44 bits per heavy atom. The number of likely N-dealkylation sites (N-methyl/N-ethyl adjacent to an activating group) is 1. The smallest absolute Gasteiger partial charge is 0.0951 e. The van der Waals surface area contributed by atoms with Gasteiger partial charge in [-0.2, -0.15) is 0 Å². The standard InChI is InChI=1S/C13H26N4O/c1-12(2)17-11-15-10-13(17)9-14-5-6-16(3)7-8-18-4/h10-12,14H,5-9H2,1-4H3. The molecule has 1 N–H and O–H groups in total. The molecule has 1 aromatic heterocycles. The maximum Gasteiger partial charge on any atom is 0.0951 e. The van der Waals surface area contributed by atoms with Crippen LogP contribution in [0.4, 0.5) is 0 Å². The van der Waals surface area contributed by atoms with Crippen molar-refractivity contribution in [2.45, 2.75) is 26.4 Å². The van der Waals surface area contributed by atoms with Crippen molar-refractivity contribution in [3.8, 4) is 0 Å². The number of aromatic nitrogens is 2. The first-order valence-corrected chi connectivity index (χ1v) is 6.54. The Labute approximate surface area is 110 Å². The molecule has 104 valence electrons. The third-order valence-corrected chi connectivity index (χ3v) is 2.96. The van der Waals surface area contributed by atoms with Gasteiger partial charge in [-0.1, -0.05) is 0 Å². The maximum absolute atomic E-state index is 5.05. The minimum atomic E-state index is 0.466. The van der Waals surface area contributed by atoms with Gasteiger partial charge in [0.15, 0.2) is 0 Å². The predicted octanol–water partition coefficient (Wildman–Crippen LogP) is 1.13. The number of imidazole rings is 1. The lowest BCUT2D eigenvalue weighted by molar-refractivity contribution is 0.161. The molecular formula is C13H26N4O. The summed E-state index contributed by atoms with van der Waals surface area (Å²) in [5.41, 5.74) is 1.24. The molecule has 0 amide bonds. The summed E-state index contributed by atoms with van der Waals surface area (Å²) in [6.45, 7) is 8.98. The van der Waals surface area contributed by atoms with Crippen LogP contribution in [-0.2, 0) is 11.3 Å². The van der Waals surface area contributed by atoms with Crippen LogP contribution in [0.2, 0.25) is 0 Å². The molecule has 0 aromatic carbocycles. The summed E-state index contributed by atoms with van der Waals surface area (Å²) in [4.78, 5) is 6.45. The van der Waals surface area contributed by atoms with Gasteiger partial charge < -0.3 is 19.5 Å². The Morgan fingerprint density at radius 2 is 2.22 bits per heavy atom. The zero-order valence-corrected chi connectivity index (χ0v) is 12.0. The Bertz CT molecular complexity index is 325. The molecule has 5 nitrogen and oxygen atoms in total. The van der Waals surface area contributed by atoms with Crippen LogP contribution in [0.15, 0.2) is 12.5 Å². The fourth-order valence-electron chi connectivity index (χ4n) is 1.78. The third kappa shape index (κ3) is 5.16. The van der Waals surface area contributed by atoms with Gasteiger partial charge in [0.25, 0.3) is 0 Å². The fourth-order valence-corrected chi connectivity index (χ4v) is 1.78. The molecule has 0 bridgehead atoms. The molecule has 0 radical (unpaired) electrons. The molecule has 0 aliphatic rings. The monoisotopic (exact) mass is 254 g/mol. The summed E-state index contributed by atoms with van der Waals surface area (Å²) in [6.07, 6.45) is 3.83. The number of nitrogens with zero attached hydrogens (tertiary/aromatic N) is 3. The number of hydrogen-bond donors (Lipinski definition) is 1. The highest BCUT2D eigenvalue weighted by atomic mass is 16.5. The van der Waals surface area contributed by atoms with Crippen LogP contribution in [0.1, 0.15) is 25.6 Å². The van der Waals surface area contributed by atoms with Gasteiger partial charge in [0.1, 0.15) is 0 Å². The van der Waals surface area contributed by atoms with E-state index in [0.717, 1.165) is 32.8 Å². The average Bonchev–Trinajstić information content (AvgIpc) is 2.80. The Kier molecular flexibility index (Phi) is 6.93. The van der Waals surface area contributed by atoms with Crippen LogP contribution in [0.3, 0.4) is 0 Å². The van der Waals surface area contributed by atoms with Gasteiger partial charge in [-0.3, -0.25) is 0 Å². The zero-order chi connectivity index (χ0) is 13.4. The van der Waals surface area contributed by atoms with E-state index in [4.69, 9.17) is 4.74 Å². The number of hydrogen-bond acceptors (Lipinski definition) is 4. The lowest BCUT2D eigenvalue weighted by Gasteiger charge is -2.17. The molecule has 5 heteroatoms. The van der Waals surface area contributed by atoms with Crippen molar-refractivity contribution < 1.29 is 4.74 Å². The van der Waals surface area contributed by atoms with E-state index in [0.29, 0.717) is 6.04 Å². The molecule has 0 fully saturated rings. The van der Waals surface area contributed by atoms with Crippen molar-refractivity contribution in [1.82, 2.24) is 19.8 Å². The first-order valence-electron chi connectivity index (χ1n) is 6.54. The molecule has 0 unspecified atom stereocenters. The molecule has 0 spiro atoms. The number of nitrogens with one attached hydrogen (secondary N) is 1. The van der Waals surface area contributed by atoms with Gasteiger partial charge in [0.05, 0.1) is 18.6 Å². The van der Waals surface area contributed by atoms with Crippen LogP contribution in [-0.4, -0.2) is 54.8 Å². The molecule has 0 saturated carbocycles. The van der Waals surface area contributed by atoms with Crippen molar-refractivity contribution in [3.05, 3.63) is 18.2 Å². The normalized spacial score (nSPS) is 11.7. The van der Waals surface area contributed by atoms with Gasteiger partial charge >= 0.3 is 0 Å². The van der Waals surface area contributed by atoms with Crippen molar-refractivity contribution in [3.63, 3.8) is 0 Å².